The van der Waals surface area contributed by atoms with Crippen LogP contribution in [0.25, 0.3) is 10.9 Å². The number of hydrogen-bond acceptors (Lipinski definition) is 4. The van der Waals surface area contributed by atoms with Gasteiger partial charge in [0, 0.05) is 17.1 Å². The first-order valence-corrected chi connectivity index (χ1v) is 7.42. The average molecular weight is 288 g/mol. The highest BCUT2D eigenvalue weighted by Gasteiger charge is 2.22. The molecule has 0 aliphatic carbocycles. The van der Waals surface area contributed by atoms with Crippen LogP contribution in [0.5, 0.6) is 0 Å². The number of fused-ring (bicyclic) bond motifs is 1. The van der Waals surface area contributed by atoms with Gasteiger partial charge in [0.05, 0.1) is 18.2 Å². The maximum absolute atomic E-state index is 12.5. The minimum Gasteiger partial charge on any atom is -0.464 e. The number of thiol groups is 1. The first-order valence-electron chi connectivity index (χ1n) is 5.94. The Labute approximate surface area is 117 Å². The monoisotopic (exact) mass is 288 g/mol. The molecule has 1 aromatic carbocycles. The Kier molecular flexibility index (Phi) is 3.15. The summed E-state index contributed by atoms with van der Waals surface area (Å²) in [5, 5.41) is 2.44. The zero-order chi connectivity index (χ0) is 14.1. The van der Waals surface area contributed by atoms with Gasteiger partial charge >= 0.3 is 5.97 Å². The van der Waals surface area contributed by atoms with Crippen molar-refractivity contribution >= 4 is 38.4 Å². The van der Waals surface area contributed by atoms with Crippen LogP contribution in [0.3, 0.4) is 0 Å². The van der Waals surface area contributed by atoms with Gasteiger partial charge in [0.1, 0.15) is 0 Å². The van der Waals surface area contributed by atoms with Gasteiger partial charge in [-0.2, -0.15) is 0 Å². The molecule has 0 fully saturated rings. The van der Waals surface area contributed by atoms with Gasteiger partial charge in [0.2, 0.25) is 5.12 Å². The molecule has 1 atom stereocenters. The number of carbonyl (C=O) groups excluding carboxylic acids is 2. The molecule has 1 aliphatic heterocycles. The molecule has 3 rings (SSSR count). The predicted molar refractivity (Wildman–Crippen MR) is 80.2 cm³/mol. The number of H-pyrrole nitrogens is 1. The molecule has 0 bridgehead atoms. The van der Waals surface area contributed by atoms with Crippen molar-refractivity contribution in [3.05, 3.63) is 47.1 Å². The molecule has 2 aromatic rings. The molecule has 2 heterocycles. The molecule has 20 heavy (non-hydrogen) atoms. The SMILES string of the molecule is COC(=O)C1=C[SH](C(=O)c2c[nH]c3ccccc23)C=N1. The summed E-state index contributed by atoms with van der Waals surface area (Å²) < 4.78 is 4.60. The second kappa shape index (κ2) is 4.97. The zero-order valence-corrected chi connectivity index (χ0v) is 11.6. The van der Waals surface area contributed by atoms with Crippen molar-refractivity contribution in [3.8, 4) is 0 Å². The Bertz CT molecular complexity index is 761. The molecule has 6 heteroatoms. The summed E-state index contributed by atoms with van der Waals surface area (Å²) in [6, 6.07) is 7.60. The summed E-state index contributed by atoms with van der Waals surface area (Å²) in [5.74, 6) is -0.516. The fraction of sp³-hybridized carbons (Fsp3) is 0.0714. The highest BCUT2D eigenvalue weighted by molar-refractivity contribution is 8.42. The normalized spacial score (nSPS) is 19.1. The van der Waals surface area contributed by atoms with Crippen LogP contribution >= 0.6 is 10.9 Å². The number of nitrogens with one attached hydrogen (secondary N) is 1. The van der Waals surface area contributed by atoms with Crippen LogP contribution in [0.4, 0.5) is 0 Å². The van der Waals surface area contributed by atoms with E-state index in [2.05, 4.69) is 14.7 Å². The molecular weight excluding hydrogens is 276 g/mol. The zero-order valence-electron chi connectivity index (χ0n) is 10.7. The van der Waals surface area contributed by atoms with Crippen molar-refractivity contribution in [1.82, 2.24) is 4.98 Å². The minimum absolute atomic E-state index is 0.0277. The van der Waals surface area contributed by atoms with E-state index in [1.807, 2.05) is 24.3 Å². The number of benzene rings is 1. The number of hydrogen-bond donors (Lipinski definition) is 2. The van der Waals surface area contributed by atoms with E-state index >= 15 is 0 Å². The molecule has 0 amide bonds. The highest BCUT2D eigenvalue weighted by Crippen LogP contribution is 2.37. The van der Waals surface area contributed by atoms with Gasteiger partial charge in [-0.1, -0.05) is 18.2 Å². The van der Waals surface area contributed by atoms with Crippen LogP contribution in [-0.4, -0.2) is 28.7 Å². The van der Waals surface area contributed by atoms with Crippen LogP contribution in [0.1, 0.15) is 10.4 Å². The van der Waals surface area contributed by atoms with Crippen LogP contribution in [0.2, 0.25) is 0 Å². The summed E-state index contributed by atoms with van der Waals surface area (Å²) in [5.41, 5.74) is 3.28. The lowest BCUT2D eigenvalue weighted by Crippen LogP contribution is -2.01. The lowest BCUT2D eigenvalue weighted by Gasteiger charge is -2.05. The van der Waals surface area contributed by atoms with Crippen molar-refractivity contribution in [2.45, 2.75) is 0 Å². The third-order valence-electron chi connectivity index (χ3n) is 3.03. The van der Waals surface area contributed by atoms with Crippen LogP contribution in [0.15, 0.2) is 46.6 Å². The number of methoxy groups -OCH3 is 1. The summed E-state index contributed by atoms with van der Waals surface area (Å²) >= 11 is 0. The number of rotatable bonds is 2. The van der Waals surface area contributed by atoms with E-state index in [-0.39, 0.29) is 10.8 Å². The third kappa shape index (κ3) is 2.04. The topological polar surface area (TPSA) is 71.5 Å². The molecule has 1 unspecified atom stereocenters. The second-order valence-corrected chi connectivity index (χ2v) is 5.92. The second-order valence-electron chi connectivity index (χ2n) is 4.21. The van der Waals surface area contributed by atoms with Gasteiger partial charge in [0.15, 0.2) is 5.70 Å². The Morgan fingerprint density at radius 2 is 2.10 bits per heavy atom. The van der Waals surface area contributed by atoms with Gasteiger partial charge in [0.25, 0.3) is 0 Å². The number of aromatic nitrogens is 1. The van der Waals surface area contributed by atoms with Crippen molar-refractivity contribution in [2.24, 2.45) is 4.99 Å². The maximum atomic E-state index is 12.5. The fourth-order valence-corrected chi connectivity index (χ4v) is 3.47. The number of esters is 1. The number of carbonyl (C=O) groups is 2. The molecular formula is C14H12N2O3S. The summed E-state index contributed by atoms with van der Waals surface area (Å²) in [4.78, 5) is 30.9. The number of aliphatic imine (C=N–C) groups is 1. The molecule has 0 radical (unpaired) electrons. The Hall–Kier alpha value is -2.34. The first-order chi connectivity index (χ1) is 9.70. The van der Waals surface area contributed by atoms with E-state index in [9.17, 15) is 9.59 Å². The van der Waals surface area contributed by atoms with Crippen molar-refractivity contribution < 1.29 is 14.3 Å². The third-order valence-corrected chi connectivity index (χ3v) is 4.63. The fourth-order valence-electron chi connectivity index (χ4n) is 2.03. The predicted octanol–water partition coefficient (Wildman–Crippen LogP) is 2.37. The van der Waals surface area contributed by atoms with Crippen molar-refractivity contribution in [1.29, 1.82) is 0 Å². The molecule has 0 saturated heterocycles. The number of nitrogens with zero attached hydrogens (tertiary/aromatic N) is 1. The smallest absolute Gasteiger partial charge is 0.357 e. The number of ether oxygens (including phenoxy) is 1. The Morgan fingerprint density at radius 3 is 2.90 bits per heavy atom. The molecule has 102 valence electrons. The summed E-state index contributed by atoms with van der Waals surface area (Å²) in [6.45, 7) is 0. The molecule has 1 aliphatic rings. The standard InChI is InChI=1S/C14H12N2O3S/c1-19-13(17)12-7-20(8-16-12)14(18)10-6-15-11-5-3-2-4-9(10)11/h2-8,15,20H,1H3. The molecule has 0 spiro atoms. The summed E-state index contributed by atoms with van der Waals surface area (Å²) in [7, 11) is 0.0714. The Morgan fingerprint density at radius 1 is 1.30 bits per heavy atom. The first kappa shape index (κ1) is 12.7. The van der Waals surface area contributed by atoms with Crippen molar-refractivity contribution in [3.63, 3.8) is 0 Å². The van der Waals surface area contributed by atoms with Gasteiger partial charge in [-0.25, -0.2) is 9.79 Å². The van der Waals surface area contributed by atoms with Crippen LogP contribution in [0, 0.1) is 0 Å². The van der Waals surface area contributed by atoms with Gasteiger partial charge < -0.3 is 9.72 Å². The molecule has 5 nitrogen and oxygen atoms in total. The van der Waals surface area contributed by atoms with E-state index < -0.39 is 16.9 Å². The highest BCUT2D eigenvalue weighted by atomic mass is 32.2. The number of para-hydroxylation sites is 1. The van der Waals surface area contributed by atoms with E-state index in [1.54, 1.807) is 11.6 Å². The van der Waals surface area contributed by atoms with E-state index in [1.165, 1.54) is 12.7 Å². The Balaban J connectivity index is 1.93. The number of aromatic amines is 1. The minimum atomic E-state index is -1.22. The van der Waals surface area contributed by atoms with Gasteiger partial charge in [-0.05, 0) is 11.5 Å². The largest absolute Gasteiger partial charge is 0.464 e. The van der Waals surface area contributed by atoms with E-state index in [0.717, 1.165) is 10.9 Å². The van der Waals surface area contributed by atoms with Crippen LogP contribution in [-0.2, 0) is 9.53 Å². The molecule has 1 N–H and O–H groups in total. The van der Waals surface area contributed by atoms with Gasteiger partial charge in [-0.15, -0.1) is 10.9 Å². The quantitative estimate of drug-likeness (QED) is 0.658. The van der Waals surface area contributed by atoms with Gasteiger partial charge in [-0.3, -0.25) is 4.79 Å². The van der Waals surface area contributed by atoms with E-state index in [4.69, 9.17) is 0 Å². The van der Waals surface area contributed by atoms with Crippen LogP contribution < -0.4 is 0 Å². The van der Waals surface area contributed by atoms with Crippen molar-refractivity contribution in [2.75, 3.05) is 7.11 Å². The summed E-state index contributed by atoms with van der Waals surface area (Å²) in [6.07, 6.45) is 1.70. The lowest BCUT2D eigenvalue weighted by atomic mass is 10.2. The molecule has 1 aromatic heterocycles. The lowest BCUT2D eigenvalue weighted by molar-refractivity contribution is -0.136. The molecule has 0 saturated carbocycles. The van der Waals surface area contributed by atoms with E-state index in [0.29, 0.717) is 5.56 Å². The average Bonchev–Trinajstić information content (AvgIpc) is 3.12. The maximum Gasteiger partial charge on any atom is 0.357 e.